The fraction of sp³-hybridized carbons (Fsp3) is 0.250. The summed E-state index contributed by atoms with van der Waals surface area (Å²) in [6.45, 7) is 2.70. The maximum atomic E-state index is 13.6. The van der Waals surface area contributed by atoms with Crippen LogP contribution in [0.1, 0.15) is 17.3 Å². The highest BCUT2D eigenvalue weighted by Crippen LogP contribution is 2.20. The third kappa shape index (κ3) is 2.51. The molecule has 0 amide bonds. The Kier molecular flexibility index (Phi) is 3.90. The first-order valence-electron chi connectivity index (χ1n) is 4.81. The lowest BCUT2D eigenvalue weighted by molar-refractivity contribution is 0.0696. The molecule has 1 aromatic carbocycles. The van der Waals surface area contributed by atoms with Crippen molar-refractivity contribution in [2.75, 3.05) is 18.0 Å². The van der Waals surface area contributed by atoms with E-state index in [4.69, 9.17) is 11.5 Å². The standard InChI is InChI=1S/C12H12FNO2/c1-3-7-14(4-2)11-6-5-9(12(15)16)8-10(11)13/h1,5-6,8H,4,7H2,2H3,(H,15,16). The smallest absolute Gasteiger partial charge is 0.335 e. The van der Waals surface area contributed by atoms with Crippen molar-refractivity contribution in [3.05, 3.63) is 29.6 Å². The summed E-state index contributed by atoms with van der Waals surface area (Å²) in [7, 11) is 0. The van der Waals surface area contributed by atoms with E-state index in [1.165, 1.54) is 12.1 Å². The lowest BCUT2D eigenvalue weighted by atomic mass is 10.2. The van der Waals surface area contributed by atoms with E-state index in [1.54, 1.807) is 4.90 Å². The molecule has 0 heterocycles. The number of hydrogen-bond donors (Lipinski definition) is 1. The van der Waals surface area contributed by atoms with Crippen molar-refractivity contribution in [3.63, 3.8) is 0 Å². The lowest BCUT2D eigenvalue weighted by Gasteiger charge is -2.20. The van der Waals surface area contributed by atoms with Gasteiger partial charge in [0.2, 0.25) is 0 Å². The van der Waals surface area contributed by atoms with Crippen LogP contribution in [0.25, 0.3) is 0 Å². The second-order valence-corrected chi connectivity index (χ2v) is 3.19. The number of terminal acetylenes is 1. The number of carboxylic acids is 1. The summed E-state index contributed by atoms with van der Waals surface area (Å²) in [4.78, 5) is 12.3. The van der Waals surface area contributed by atoms with Crippen LogP contribution in [0.2, 0.25) is 0 Å². The van der Waals surface area contributed by atoms with E-state index < -0.39 is 11.8 Å². The van der Waals surface area contributed by atoms with Crippen LogP contribution in [0.15, 0.2) is 18.2 Å². The molecule has 1 N–H and O–H groups in total. The minimum absolute atomic E-state index is 0.0713. The predicted molar refractivity (Wildman–Crippen MR) is 60.1 cm³/mol. The average molecular weight is 221 g/mol. The summed E-state index contributed by atoms with van der Waals surface area (Å²) in [5, 5.41) is 8.69. The van der Waals surface area contributed by atoms with Crippen LogP contribution in [0, 0.1) is 18.2 Å². The molecule has 0 radical (unpaired) electrons. The summed E-state index contributed by atoms with van der Waals surface area (Å²) >= 11 is 0. The van der Waals surface area contributed by atoms with E-state index in [0.717, 1.165) is 6.07 Å². The Bertz CT molecular complexity index is 437. The van der Waals surface area contributed by atoms with Gasteiger partial charge in [0.15, 0.2) is 0 Å². The molecule has 0 bridgehead atoms. The SMILES string of the molecule is C#CCN(CC)c1ccc(C(=O)O)cc1F. The molecule has 84 valence electrons. The zero-order valence-corrected chi connectivity index (χ0v) is 8.90. The molecule has 0 saturated heterocycles. The molecule has 0 fully saturated rings. The van der Waals surface area contributed by atoms with Gasteiger partial charge in [0.25, 0.3) is 0 Å². The van der Waals surface area contributed by atoms with Gasteiger partial charge in [-0.25, -0.2) is 9.18 Å². The molecule has 4 heteroatoms. The zero-order chi connectivity index (χ0) is 12.1. The van der Waals surface area contributed by atoms with Gasteiger partial charge in [-0.05, 0) is 25.1 Å². The molecule has 3 nitrogen and oxygen atoms in total. The lowest BCUT2D eigenvalue weighted by Crippen LogP contribution is -2.24. The summed E-state index contributed by atoms with van der Waals surface area (Å²) < 4.78 is 13.6. The van der Waals surface area contributed by atoms with E-state index in [2.05, 4.69) is 5.92 Å². The first-order chi connectivity index (χ1) is 7.60. The maximum absolute atomic E-state index is 13.6. The Hall–Kier alpha value is -2.02. The van der Waals surface area contributed by atoms with Gasteiger partial charge in [-0.2, -0.15) is 0 Å². The summed E-state index contributed by atoms with van der Waals surface area (Å²) in [6, 6.07) is 3.79. The molecule has 0 aliphatic carbocycles. The normalized spacial score (nSPS) is 9.56. The van der Waals surface area contributed by atoms with Crippen LogP contribution in [-0.4, -0.2) is 24.2 Å². The highest BCUT2D eigenvalue weighted by molar-refractivity contribution is 5.88. The van der Waals surface area contributed by atoms with Gasteiger partial charge in [-0.3, -0.25) is 0 Å². The molecule has 0 unspecified atom stereocenters. The molecule has 0 aliphatic heterocycles. The predicted octanol–water partition coefficient (Wildman–Crippen LogP) is 1.98. The number of aromatic carboxylic acids is 1. The van der Waals surface area contributed by atoms with Gasteiger partial charge in [0, 0.05) is 6.54 Å². The minimum atomic E-state index is -1.15. The highest BCUT2D eigenvalue weighted by atomic mass is 19.1. The van der Waals surface area contributed by atoms with E-state index in [9.17, 15) is 9.18 Å². The molecule has 0 saturated carbocycles. The quantitative estimate of drug-likeness (QED) is 0.790. The zero-order valence-electron chi connectivity index (χ0n) is 8.90. The Morgan fingerprint density at radius 3 is 2.75 bits per heavy atom. The van der Waals surface area contributed by atoms with E-state index in [-0.39, 0.29) is 5.56 Å². The van der Waals surface area contributed by atoms with E-state index in [1.807, 2.05) is 6.92 Å². The number of halogens is 1. The molecular weight excluding hydrogens is 209 g/mol. The summed E-state index contributed by atoms with van der Waals surface area (Å²) in [5.41, 5.74) is 0.253. The van der Waals surface area contributed by atoms with Gasteiger partial charge >= 0.3 is 5.97 Å². The number of carboxylic acid groups (broad SMARTS) is 1. The van der Waals surface area contributed by atoms with Crippen LogP contribution in [0.4, 0.5) is 10.1 Å². The third-order valence-electron chi connectivity index (χ3n) is 2.20. The fourth-order valence-electron chi connectivity index (χ4n) is 1.37. The highest BCUT2D eigenvalue weighted by Gasteiger charge is 2.12. The number of benzene rings is 1. The van der Waals surface area contributed by atoms with Crippen molar-refractivity contribution in [1.82, 2.24) is 0 Å². The summed E-state index contributed by atoms with van der Waals surface area (Å²) in [5.74, 6) is 0.705. The van der Waals surface area contributed by atoms with Crippen LogP contribution in [0.5, 0.6) is 0 Å². The van der Waals surface area contributed by atoms with E-state index in [0.29, 0.717) is 18.8 Å². The number of anilines is 1. The van der Waals surface area contributed by atoms with E-state index >= 15 is 0 Å². The van der Waals surface area contributed by atoms with Crippen molar-refractivity contribution < 1.29 is 14.3 Å². The number of carbonyl (C=O) groups is 1. The van der Waals surface area contributed by atoms with Gasteiger partial charge in [0.1, 0.15) is 5.82 Å². The van der Waals surface area contributed by atoms with Gasteiger partial charge in [-0.15, -0.1) is 6.42 Å². The average Bonchev–Trinajstić information content (AvgIpc) is 2.26. The molecule has 0 spiro atoms. The van der Waals surface area contributed by atoms with Crippen LogP contribution >= 0.6 is 0 Å². The third-order valence-corrected chi connectivity index (χ3v) is 2.20. The van der Waals surface area contributed by atoms with Crippen molar-refractivity contribution in [2.45, 2.75) is 6.92 Å². The molecule has 16 heavy (non-hydrogen) atoms. The largest absolute Gasteiger partial charge is 0.478 e. The Morgan fingerprint density at radius 1 is 1.62 bits per heavy atom. The number of nitrogens with zero attached hydrogens (tertiary/aromatic N) is 1. The Morgan fingerprint density at radius 2 is 2.31 bits per heavy atom. The van der Waals surface area contributed by atoms with Crippen LogP contribution in [-0.2, 0) is 0 Å². The fourth-order valence-corrected chi connectivity index (χ4v) is 1.37. The molecule has 0 aromatic heterocycles. The molecule has 1 aromatic rings. The monoisotopic (exact) mass is 221 g/mol. The van der Waals surface area contributed by atoms with Crippen LogP contribution < -0.4 is 4.90 Å². The topological polar surface area (TPSA) is 40.5 Å². The number of rotatable bonds is 4. The van der Waals surface area contributed by atoms with Crippen molar-refractivity contribution >= 4 is 11.7 Å². The second kappa shape index (κ2) is 5.17. The minimum Gasteiger partial charge on any atom is -0.478 e. The van der Waals surface area contributed by atoms with Gasteiger partial charge < -0.3 is 10.0 Å². The maximum Gasteiger partial charge on any atom is 0.335 e. The molecule has 0 atom stereocenters. The van der Waals surface area contributed by atoms with Crippen molar-refractivity contribution in [3.8, 4) is 12.3 Å². The van der Waals surface area contributed by atoms with Gasteiger partial charge in [0.05, 0.1) is 17.8 Å². The van der Waals surface area contributed by atoms with Crippen LogP contribution in [0.3, 0.4) is 0 Å². The first-order valence-corrected chi connectivity index (χ1v) is 4.81. The second-order valence-electron chi connectivity index (χ2n) is 3.19. The molecule has 1 rings (SSSR count). The van der Waals surface area contributed by atoms with Crippen molar-refractivity contribution in [2.24, 2.45) is 0 Å². The van der Waals surface area contributed by atoms with Crippen molar-refractivity contribution in [1.29, 1.82) is 0 Å². The number of hydrogen-bond acceptors (Lipinski definition) is 2. The summed E-state index contributed by atoms with van der Waals surface area (Å²) in [6.07, 6.45) is 5.16. The Balaban J connectivity index is 3.07. The first kappa shape index (κ1) is 12.1. The van der Waals surface area contributed by atoms with Gasteiger partial charge in [-0.1, -0.05) is 5.92 Å². The Labute approximate surface area is 93.5 Å². The molecular formula is C12H12FNO2. The molecule has 0 aliphatic rings.